The molecule has 4 heteroatoms. The minimum atomic E-state index is -2.19. The molecule has 2 rings (SSSR count). The van der Waals surface area contributed by atoms with Crippen molar-refractivity contribution in [3.63, 3.8) is 0 Å². The largest absolute Gasteiger partial charge is 0.207 e. The number of hydrogen-bond acceptors (Lipinski definition) is 0. The molecule has 100 valence electrons. The van der Waals surface area contributed by atoms with Gasteiger partial charge in [0.25, 0.3) is 0 Å². The number of hydrogen-bond donors (Lipinski definition) is 0. The van der Waals surface area contributed by atoms with E-state index in [0.29, 0.717) is 0 Å². The highest BCUT2D eigenvalue weighted by Crippen LogP contribution is 2.16. The number of alkyl halides is 1. The minimum Gasteiger partial charge on any atom is -0.207 e. The lowest BCUT2D eigenvalue weighted by Gasteiger charge is -2.31. The molecule has 0 saturated heterocycles. The van der Waals surface area contributed by atoms with Crippen molar-refractivity contribution in [3.8, 4) is 0 Å². The van der Waals surface area contributed by atoms with E-state index in [4.69, 9.17) is 11.6 Å². The SMILES string of the molecule is CC(Cl)[Si](C)(c1ccc(F)cc1)c1ccc(F)cc1. The van der Waals surface area contributed by atoms with Gasteiger partial charge in [0.15, 0.2) is 0 Å². The first-order valence-corrected chi connectivity index (χ1v) is 9.12. The first-order chi connectivity index (χ1) is 8.94. The molecule has 0 saturated carbocycles. The van der Waals surface area contributed by atoms with E-state index in [1.807, 2.05) is 6.92 Å². The van der Waals surface area contributed by atoms with Gasteiger partial charge in [-0.1, -0.05) is 48.1 Å². The Bertz CT molecular complexity index is 504. The third-order valence-corrected chi connectivity index (χ3v) is 9.65. The molecule has 0 aliphatic rings. The zero-order valence-electron chi connectivity index (χ0n) is 10.8. The standard InChI is InChI=1S/C15H15ClF2Si/c1-11(16)19(2,14-7-3-12(17)4-8-14)15-9-5-13(18)6-10-15/h3-11H,1-2H3. The Balaban J connectivity index is 2.54. The lowest BCUT2D eigenvalue weighted by molar-refractivity contribution is 0.628. The quantitative estimate of drug-likeness (QED) is 0.602. The van der Waals surface area contributed by atoms with Crippen LogP contribution in [0.25, 0.3) is 0 Å². The summed E-state index contributed by atoms with van der Waals surface area (Å²) in [6.45, 7) is 4.06. The highest BCUT2D eigenvalue weighted by molar-refractivity contribution is 7.05. The molecule has 0 amide bonds. The molecule has 0 radical (unpaired) electrons. The topological polar surface area (TPSA) is 0 Å². The zero-order chi connectivity index (χ0) is 14.0. The molecule has 2 aromatic rings. The maximum Gasteiger partial charge on any atom is 0.132 e. The zero-order valence-corrected chi connectivity index (χ0v) is 12.6. The van der Waals surface area contributed by atoms with E-state index in [-0.39, 0.29) is 16.6 Å². The summed E-state index contributed by atoms with van der Waals surface area (Å²) < 4.78 is 26.1. The maximum atomic E-state index is 13.1. The predicted molar refractivity (Wildman–Crippen MR) is 79.0 cm³/mol. The van der Waals surface area contributed by atoms with Crippen LogP contribution in [0.5, 0.6) is 0 Å². The molecule has 2 aromatic carbocycles. The average molecular weight is 297 g/mol. The average Bonchev–Trinajstić information content (AvgIpc) is 2.39. The minimum absolute atomic E-state index is 0.0802. The van der Waals surface area contributed by atoms with E-state index in [0.717, 1.165) is 10.4 Å². The van der Waals surface area contributed by atoms with E-state index in [9.17, 15) is 8.78 Å². The second kappa shape index (κ2) is 5.43. The normalized spacial score (nSPS) is 13.3. The van der Waals surface area contributed by atoms with Gasteiger partial charge >= 0.3 is 0 Å². The Morgan fingerprint density at radius 1 is 0.842 bits per heavy atom. The van der Waals surface area contributed by atoms with Crippen molar-refractivity contribution >= 4 is 30.0 Å². The van der Waals surface area contributed by atoms with Crippen LogP contribution in [0.1, 0.15) is 6.92 Å². The number of halogens is 3. The van der Waals surface area contributed by atoms with Crippen molar-refractivity contribution in [3.05, 3.63) is 60.2 Å². The molecule has 0 spiro atoms. The Morgan fingerprint density at radius 3 is 1.42 bits per heavy atom. The van der Waals surface area contributed by atoms with Gasteiger partial charge in [0.2, 0.25) is 0 Å². The van der Waals surface area contributed by atoms with Crippen LogP contribution in [-0.4, -0.2) is 13.1 Å². The Labute approximate surface area is 118 Å². The van der Waals surface area contributed by atoms with E-state index in [1.165, 1.54) is 24.3 Å². The molecular weight excluding hydrogens is 282 g/mol. The van der Waals surface area contributed by atoms with Crippen LogP contribution in [-0.2, 0) is 0 Å². The van der Waals surface area contributed by atoms with Crippen LogP contribution in [0.3, 0.4) is 0 Å². The summed E-state index contributed by atoms with van der Waals surface area (Å²) in [7, 11) is -2.19. The van der Waals surface area contributed by atoms with Crippen LogP contribution < -0.4 is 10.4 Å². The lowest BCUT2D eigenvalue weighted by Crippen LogP contribution is -2.61. The van der Waals surface area contributed by atoms with Crippen LogP contribution in [0, 0.1) is 11.6 Å². The van der Waals surface area contributed by atoms with Gasteiger partial charge in [-0.3, -0.25) is 0 Å². The van der Waals surface area contributed by atoms with Crippen molar-refractivity contribution < 1.29 is 8.78 Å². The maximum absolute atomic E-state index is 13.1. The molecule has 1 atom stereocenters. The molecule has 0 fully saturated rings. The molecule has 19 heavy (non-hydrogen) atoms. The number of benzene rings is 2. The van der Waals surface area contributed by atoms with E-state index < -0.39 is 8.07 Å². The van der Waals surface area contributed by atoms with Gasteiger partial charge in [-0.2, -0.15) is 0 Å². The van der Waals surface area contributed by atoms with Crippen LogP contribution in [0.15, 0.2) is 48.5 Å². The Hall–Kier alpha value is -1.19. The van der Waals surface area contributed by atoms with Gasteiger partial charge in [-0.05, 0) is 24.3 Å². The summed E-state index contributed by atoms with van der Waals surface area (Å²) >= 11 is 6.41. The first-order valence-electron chi connectivity index (χ1n) is 6.10. The molecule has 1 unspecified atom stereocenters. The fraction of sp³-hybridized carbons (Fsp3) is 0.200. The van der Waals surface area contributed by atoms with Crippen molar-refractivity contribution in [2.45, 2.75) is 18.5 Å². The third-order valence-electron chi connectivity index (χ3n) is 3.68. The smallest absolute Gasteiger partial charge is 0.132 e. The molecule has 0 heterocycles. The highest BCUT2D eigenvalue weighted by atomic mass is 35.5. The van der Waals surface area contributed by atoms with Crippen molar-refractivity contribution in [2.24, 2.45) is 0 Å². The predicted octanol–water partition coefficient (Wildman–Crippen LogP) is 3.32. The van der Waals surface area contributed by atoms with Crippen LogP contribution >= 0.6 is 11.6 Å². The van der Waals surface area contributed by atoms with Gasteiger partial charge in [0, 0.05) is 5.00 Å². The van der Waals surface area contributed by atoms with E-state index in [2.05, 4.69) is 6.55 Å². The molecular formula is C15H15ClF2Si. The van der Waals surface area contributed by atoms with E-state index >= 15 is 0 Å². The molecule has 0 bridgehead atoms. The number of rotatable bonds is 3. The Kier molecular flexibility index (Phi) is 4.06. The molecule has 0 aliphatic carbocycles. The summed E-state index contributed by atoms with van der Waals surface area (Å²) in [6.07, 6.45) is 0. The summed E-state index contributed by atoms with van der Waals surface area (Å²) in [6, 6.07) is 12.9. The highest BCUT2D eigenvalue weighted by Gasteiger charge is 2.36. The molecule has 0 aliphatic heterocycles. The fourth-order valence-corrected chi connectivity index (χ4v) is 5.94. The molecule has 0 aromatic heterocycles. The van der Waals surface area contributed by atoms with Crippen LogP contribution in [0.4, 0.5) is 8.78 Å². The monoisotopic (exact) mass is 296 g/mol. The second-order valence-corrected chi connectivity index (χ2v) is 10.3. The van der Waals surface area contributed by atoms with Crippen LogP contribution in [0.2, 0.25) is 6.55 Å². The van der Waals surface area contributed by atoms with Crippen molar-refractivity contribution in [1.29, 1.82) is 0 Å². The summed E-state index contributed by atoms with van der Waals surface area (Å²) in [5, 5.41) is 2.01. The second-order valence-electron chi connectivity index (χ2n) is 4.83. The first kappa shape index (κ1) is 14.2. The van der Waals surface area contributed by atoms with Gasteiger partial charge in [-0.15, -0.1) is 11.6 Å². The fourth-order valence-electron chi connectivity index (χ4n) is 2.22. The third kappa shape index (κ3) is 2.72. The van der Waals surface area contributed by atoms with Gasteiger partial charge in [0.1, 0.15) is 19.7 Å². The van der Waals surface area contributed by atoms with E-state index in [1.54, 1.807) is 24.3 Å². The summed E-state index contributed by atoms with van der Waals surface area (Å²) in [5.74, 6) is -0.525. The van der Waals surface area contributed by atoms with Gasteiger partial charge < -0.3 is 0 Å². The van der Waals surface area contributed by atoms with Gasteiger partial charge in [0.05, 0.1) is 0 Å². The van der Waals surface area contributed by atoms with Crippen molar-refractivity contribution in [2.75, 3.05) is 0 Å². The Morgan fingerprint density at radius 2 is 1.16 bits per heavy atom. The summed E-state index contributed by atoms with van der Waals surface area (Å²) in [5.41, 5.74) is 0. The molecule has 0 N–H and O–H groups in total. The van der Waals surface area contributed by atoms with Gasteiger partial charge in [-0.25, -0.2) is 8.78 Å². The molecule has 0 nitrogen and oxygen atoms in total. The van der Waals surface area contributed by atoms with Crippen molar-refractivity contribution in [1.82, 2.24) is 0 Å². The lowest BCUT2D eigenvalue weighted by atomic mass is 10.3. The summed E-state index contributed by atoms with van der Waals surface area (Å²) in [4.78, 5) is 0.